The maximum Gasteiger partial charge on any atom is 0.273 e. The maximum absolute atomic E-state index is 12.1. The van der Waals surface area contributed by atoms with E-state index in [9.17, 15) is 9.59 Å². The van der Waals surface area contributed by atoms with Crippen LogP contribution in [-0.2, 0) is 12.8 Å². The first-order chi connectivity index (χ1) is 10.0. The Hall–Kier alpha value is -1.95. The lowest BCUT2D eigenvalue weighted by Crippen LogP contribution is -2.12. The molecule has 6 heteroatoms. The number of aromatic amines is 1. The Morgan fingerprint density at radius 1 is 1.48 bits per heavy atom. The number of amides is 1. The van der Waals surface area contributed by atoms with Gasteiger partial charge in [-0.05, 0) is 38.2 Å². The van der Waals surface area contributed by atoms with Crippen LogP contribution in [0.15, 0.2) is 12.3 Å². The Labute approximate surface area is 126 Å². The number of Topliss-reactive ketones (excluding diaryl/α,β-unsaturated/α-hetero) is 1. The summed E-state index contributed by atoms with van der Waals surface area (Å²) in [4.78, 5) is 32.0. The molecule has 2 aromatic heterocycles. The average Bonchev–Trinajstić information content (AvgIpc) is 3.03. The molecular formula is C15H17N3O2S. The van der Waals surface area contributed by atoms with Gasteiger partial charge in [-0.1, -0.05) is 6.92 Å². The lowest BCUT2D eigenvalue weighted by Gasteiger charge is -2.15. The molecule has 0 aromatic carbocycles. The van der Waals surface area contributed by atoms with Crippen molar-refractivity contribution in [1.82, 2.24) is 9.97 Å². The summed E-state index contributed by atoms with van der Waals surface area (Å²) in [5.41, 5.74) is 2.00. The molecule has 0 spiro atoms. The van der Waals surface area contributed by atoms with Crippen molar-refractivity contribution in [2.45, 2.75) is 33.1 Å². The first-order valence-corrected chi connectivity index (χ1v) is 7.84. The van der Waals surface area contributed by atoms with Crippen LogP contribution < -0.4 is 5.32 Å². The molecule has 3 rings (SSSR count). The van der Waals surface area contributed by atoms with Crippen LogP contribution >= 0.6 is 11.3 Å². The molecule has 2 N–H and O–H groups in total. The fourth-order valence-electron chi connectivity index (χ4n) is 2.49. The molecule has 0 bridgehead atoms. The molecule has 2 aromatic rings. The second-order valence-electron chi connectivity index (χ2n) is 5.55. The van der Waals surface area contributed by atoms with Gasteiger partial charge >= 0.3 is 0 Å². The number of ketones is 1. The van der Waals surface area contributed by atoms with E-state index in [0.717, 1.165) is 25.0 Å². The quantitative estimate of drug-likeness (QED) is 0.856. The van der Waals surface area contributed by atoms with E-state index in [2.05, 4.69) is 22.2 Å². The number of carbonyl (C=O) groups is 2. The summed E-state index contributed by atoms with van der Waals surface area (Å²) >= 11 is 1.55. The van der Waals surface area contributed by atoms with Gasteiger partial charge in [-0.3, -0.25) is 14.9 Å². The van der Waals surface area contributed by atoms with E-state index < -0.39 is 0 Å². The molecule has 0 aliphatic heterocycles. The fourth-order valence-corrected chi connectivity index (χ4v) is 3.65. The zero-order valence-corrected chi connectivity index (χ0v) is 12.8. The van der Waals surface area contributed by atoms with E-state index in [0.29, 0.717) is 22.3 Å². The zero-order chi connectivity index (χ0) is 15.0. The van der Waals surface area contributed by atoms with Crippen molar-refractivity contribution in [3.8, 4) is 0 Å². The number of carbonyl (C=O) groups excluding carboxylic acids is 2. The predicted octanol–water partition coefficient (Wildman–Crippen LogP) is 3.05. The number of hydrogen-bond donors (Lipinski definition) is 2. The predicted molar refractivity (Wildman–Crippen MR) is 82.1 cm³/mol. The van der Waals surface area contributed by atoms with Crippen molar-refractivity contribution in [2.24, 2.45) is 5.92 Å². The summed E-state index contributed by atoms with van der Waals surface area (Å²) in [6, 6.07) is 1.56. The van der Waals surface area contributed by atoms with Gasteiger partial charge in [0.05, 0.1) is 5.69 Å². The molecule has 5 nitrogen and oxygen atoms in total. The number of rotatable bonds is 3. The SMILES string of the molecule is CC(=O)c1c[nH]c(C(=O)Nc2nc3c(s2)CC(C)CC3)c1. The Balaban J connectivity index is 1.74. The van der Waals surface area contributed by atoms with Gasteiger partial charge in [-0.15, -0.1) is 11.3 Å². The maximum atomic E-state index is 12.1. The van der Waals surface area contributed by atoms with E-state index in [1.165, 1.54) is 11.8 Å². The minimum atomic E-state index is -0.262. The Morgan fingerprint density at radius 2 is 2.29 bits per heavy atom. The third-order valence-corrected chi connectivity index (χ3v) is 4.78. The van der Waals surface area contributed by atoms with Gasteiger partial charge in [0.2, 0.25) is 0 Å². The number of aromatic nitrogens is 2. The second-order valence-corrected chi connectivity index (χ2v) is 6.63. The monoisotopic (exact) mass is 303 g/mol. The molecule has 0 radical (unpaired) electrons. The highest BCUT2D eigenvalue weighted by molar-refractivity contribution is 7.15. The Morgan fingerprint density at radius 3 is 3.00 bits per heavy atom. The van der Waals surface area contributed by atoms with Gasteiger partial charge in [0.25, 0.3) is 5.91 Å². The third-order valence-electron chi connectivity index (χ3n) is 3.74. The van der Waals surface area contributed by atoms with Crippen molar-refractivity contribution < 1.29 is 9.59 Å². The number of nitrogens with zero attached hydrogens (tertiary/aromatic N) is 1. The molecule has 110 valence electrons. The fraction of sp³-hybridized carbons (Fsp3) is 0.400. The highest BCUT2D eigenvalue weighted by Gasteiger charge is 2.21. The van der Waals surface area contributed by atoms with Crippen LogP contribution in [0.25, 0.3) is 0 Å². The minimum absolute atomic E-state index is 0.0657. The van der Waals surface area contributed by atoms with E-state index >= 15 is 0 Å². The Bertz CT molecular complexity index is 702. The molecule has 21 heavy (non-hydrogen) atoms. The topological polar surface area (TPSA) is 74.8 Å². The van der Waals surface area contributed by atoms with Crippen LogP contribution in [0.1, 0.15) is 51.7 Å². The first kappa shape index (κ1) is 14.0. The molecule has 1 atom stereocenters. The van der Waals surface area contributed by atoms with Crippen LogP contribution in [0.4, 0.5) is 5.13 Å². The van der Waals surface area contributed by atoms with Crippen molar-refractivity contribution in [1.29, 1.82) is 0 Å². The zero-order valence-electron chi connectivity index (χ0n) is 12.0. The van der Waals surface area contributed by atoms with Crippen molar-refractivity contribution >= 4 is 28.2 Å². The molecule has 1 amide bonds. The number of thiazole rings is 1. The van der Waals surface area contributed by atoms with Crippen LogP contribution in [0.5, 0.6) is 0 Å². The van der Waals surface area contributed by atoms with Gasteiger partial charge < -0.3 is 4.98 Å². The van der Waals surface area contributed by atoms with E-state index in [-0.39, 0.29) is 11.7 Å². The normalized spacial score (nSPS) is 17.3. The number of anilines is 1. The molecule has 0 saturated carbocycles. The van der Waals surface area contributed by atoms with E-state index in [1.807, 2.05) is 0 Å². The number of aryl methyl sites for hydroxylation is 1. The van der Waals surface area contributed by atoms with Crippen molar-refractivity contribution in [3.63, 3.8) is 0 Å². The third kappa shape index (κ3) is 2.90. The molecule has 1 aliphatic carbocycles. The van der Waals surface area contributed by atoms with Crippen molar-refractivity contribution in [2.75, 3.05) is 5.32 Å². The lowest BCUT2D eigenvalue weighted by atomic mass is 9.93. The summed E-state index contributed by atoms with van der Waals surface area (Å²) in [6.07, 6.45) is 4.73. The van der Waals surface area contributed by atoms with Gasteiger partial charge in [0, 0.05) is 16.6 Å². The highest BCUT2D eigenvalue weighted by atomic mass is 32.1. The molecule has 2 heterocycles. The number of hydrogen-bond acceptors (Lipinski definition) is 4. The molecule has 0 fully saturated rings. The van der Waals surface area contributed by atoms with Gasteiger partial charge in [0.15, 0.2) is 10.9 Å². The summed E-state index contributed by atoms with van der Waals surface area (Å²) < 4.78 is 0. The molecular weight excluding hydrogens is 286 g/mol. The summed E-state index contributed by atoms with van der Waals surface area (Å²) in [6.45, 7) is 3.71. The van der Waals surface area contributed by atoms with Gasteiger partial charge in [-0.2, -0.15) is 0 Å². The van der Waals surface area contributed by atoms with Gasteiger partial charge in [-0.25, -0.2) is 4.98 Å². The van der Waals surface area contributed by atoms with Crippen LogP contribution in [0, 0.1) is 5.92 Å². The van der Waals surface area contributed by atoms with Crippen LogP contribution in [-0.4, -0.2) is 21.7 Å². The second kappa shape index (κ2) is 5.44. The summed E-state index contributed by atoms with van der Waals surface area (Å²) in [7, 11) is 0. The molecule has 1 aliphatic rings. The number of nitrogens with one attached hydrogen (secondary N) is 2. The minimum Gasteiger partial charge on any atom is -0.356 e. The van der Waals surface area contributed by atoms with E-state index in [4.69, 9.17) is 0 Å². The Kier molecular flexibility index (Phi) is 3.63. The summed E-state index contributed by atoms with van der Waals surface area (Å²) in [5.74, 6) is 0.355. The summed E-state index contributed by atoms with van der Waals surface area (Å²) in [5, 5.41) is 3.45. The number of H-pyrrole nitrogens is 1. The lowest BCUT2D eigenvalue weighted by molar-refractivity contribution is 0.101. The molecule has 1 unspecified atom stereocenters. The van der Waals surface area contributed by atoms with Crippen molar-refractivity contribution in [3.05, 3.63) is 34.1 Å². The van der Waals surface area contributed by atoms with Crippen LogP contribution in [0.2, 0.25) is 0 Å². The van der Waals surface area contributed by atoms with Gasteiger partial charge in [0.1, 0.15) is 5.69 Å². The average molecular weight is 303 g/mol. The van der Waals surface area contributed by atoms with E-state index in [1.54, 1.807) is 23.6 Å². The first-order valence-electron chi connectivity index (χ1n) is 7.02. The smallest absolute Gasteiger partial charge is 0.273 e. The molecule has 0 saturated heterocycles. The number of fused-ring (bicyclic) bond motifs is 1. The highest BCUT2D eigenvalue weighted by Crippen LogP contribution is 2.32. The largest absolute Gasteiger partial charge is 0.356 e. The van der Waals surface area contributed by atoms with Crippen LogP contribution in [0.3, 0.4) is 0 Å². The standard InChI is InChI=1S/C15H17N3O2S/c1-8-3-4-11-13(5-8)21-15(17-11)18-14(20)12-6-10(7-16-12)9(2)19/h6-8,16H,3-5H2,1-2H3,(H,17,18,20).